The number of benzene rings is 1. The van der Waals surface area contributed by atoms with E-state index in [2.05, 4.69) is 5.32 Å². The highest BCUT2D eigenvalue weighted by Crippen LogP contribution is 2.19. The zero-order chi connectivity index (χ0) is 15.1. The molecule has 0 aliphatic carbocycles. The van der Waals surface area contributed by atoms with Crippen LogP contribution < -0.4 is 5.32 Å². The van der Waals surface area contributed by atoms with Crippen LogP contribution in [0.5, 0.6) is 0 Å². The number of carbonyl (C=O) groups excluding carboxylic acids is 1. The van der Waals surface area contributed by atoms with Crippen molar-refractivity contribution in [1.29, 1.82) is 0 Å². The average Bonchev–Trinajstić information content (AvgIpc) is 2.38. The Morgan fingerprint density at radius 3 is 2.45 bits per heavy atom. The fourth-order valence-corrected chi connectivity index (χ4v) is 1.78. The highest BCUT2D eigenvalue weighted by molar-refractivity contribution is 5.84. The molecule has 0 aliphatic rings. The van der Waals surface area contributed by atoms with Crippen molar-refractivity contribution in [2.45, 2.75) is 25.3 Å². The third kappa shape index (κ3) is 4.97. The summed E-state index contributed by atoms with van der Waals surface area (Å²) in [7, 11) is 1.36. The van der Waals surface area contributed by atoms with Crippen molar-refractivity contribution in [1.82, 2.24) is 5.32 Å². The third-order valence-electron chi connectivity index (χ3n) is 2.90. The lowest BCUT2D eigenvalue weighted by atomic mass is 9.97. The Morgan fingerprint density at radius 1 is 1.35 bits per heavy atom. The topological polar surface area (TPSA) is 75.6 Å². The minimum Gasteiger partial charge on any atom is -0.480 e. The van der Waals surface area contributed by atoms with Crippen LogP contribution in [0.25, 0.3) is 0 Å². The van der Waals surface area contributed by atoms with Gasteiger partial charge in [-0.2, -0.15) is 0 Å². The SMILES string of the molecule is COCC(NC(=O)CC(C)c1ccc(F)cc1)C(=O)O. The maximum atomic E-state index is 12.8. The summed E-state index contributed by atoms with van der Waals surface area (Å²) in [5.41, 5.74) is 0.820. The molecule has 0 radical (unpaired) electrons. The molecule has 0 bridgehead atoms. The molecule has 2 atom stereocenters. The van der Waals surface area contributed by atoms with Gasteiger partial charge in [-0.05, 0) is 23.6 Å². The first-order chi connectivity index (χ1) is 9.43. The van der Waals surface area contributed by atoms with E-state index in [1.165, 1.54) is 19.2 Å². The normalized spacial score (nSPS) is 13.6. The number of hydrogen-bond acceptors (Lipinski definition) is 3. The lowest BCUT2D eigenvalue weighted by Crippen LogP contribution is -2.44. The second-order valence-corrected chi connectivity index (χ2v) is 4.57. The molecule has 20 heavy (non-hydrogen) atoms. The Morgan fingerprint density at radius 2 is 1.95 bits per heavy atom. The van der Waals surface area contributed by atoms with Gasteiger partial charge in [0.2, 0.25) is 5.91 Å². The molecule has 0 aliphatic heterocycles. The molecule has 1 aromatic carbocycles. The Hall–Kier alpha value is -1.95. The van der Waals surface area contributed by atoms with Gasteiger partial charge in [0.1, 0.15) is 5.82 Å². The van der Waals surface area contributed by atoms with Gasteiger partial charge in [0, 0.05) is 13.5 Å². The van der Waals surface area contributed by atoms with Gasteiger partial charge in [-0.15, -0.1) is 0 Å². The van der Waals surface area contributed by atoms with Gasteiger partial charge in [0.25, 0.3) is 0 Å². The van der Waals surface area contributed by atoms with Crippen molar-refractivity contribution < 1.29 is 23.8 Å². The summed E-state index contributed by atoms with van der Waals surface area (Å²) in [6.45, 7) is 1.73. The molecule has 0 saturated heterocycles. The Kier molecular flexibility index (Phi) is 6.11. The minimum atomic E-state index is -1.14. The van der Waals surface area contributed by atoms with Crippen LogP contribution >= 0.6 is 0 Å². The molecule has 0 aromatic heterocycles. The summed E-state index contributed by atoms with van der Waals surface area (Å²) < 4.78 is 17.5. The van der Waals surface area contributed by atoms with Crippen molar-refractivity contribution in [2.24, 2.45) is 0 Å². The zero-order valence-electron chi connectivity index (χ0n) is 11.4. The summed E-state index contributed by atoms with van der Waals surface area (Å²) in [6, 6.07) is 4.81. The Balaban J connectivity index is 2.56. The van der Waals surface area contributed by atoms with Gasteiger partial charge < -0.3 is 15.2 Å². The molecular formula is C14H18FNO4. The molecule has 1 rings (SSSR count). The molecule has 5 nitrogen and oxygen atoms in total. The number of methoxy groups -OCH3 is 1. The van der Waals surface area contributed by atoms with E-state index in [-0.39, 0.29) is 30.7 Å². The largest absolute Gasteiger partial charge is 0.480 e. The molecule has 0 spiro atoms. The van der Waals surface area contributed by atoms with Gasteiger partial charge in [-0.1, -0.05) is 19.1 Å². The van der Waals surface area contributed by atoms with Crippen LogP contribution in [-0.4, -0.2) is 36.7 Å². The zero-order valence-corrected chi connectivity index (χ0v) is 11.4. The van der Waals surface area contributed by atoms with Crippen molar-refractivity contribution >= 4 is 11.9 Å². The molecule has 1 amide bonds. The number of amides is 1. The van der Waals surface area contributed by atoms with Crippen LogP contribution in [0, 0.1) is 5.82 Å². The lowest BCUT2D eigenvalue weighted by Gasteiger charge is -2.16. The number of halogens is 1. The summed E-state index contributed by atoms with van der Waals surface area (Å²) in [5, 5.41) is 11.3. The molecule has 2 unspecified atom stereocenters. The summed E-state index contributed by atoms with van der Waals surface area (Å²) in [5.74, 6) is -2.00. The molecule has 2 N–H and O–H groups in total. The van der Waals surface area contributed by atoms with Gasteiger partial charge >= 0.3 is 5.97 Å². The van der Waals surface area contributed by atoms with E-state index in [1.807, 2.05) is 6.92 Å². The predicted octanol–water partition coefficient (Wildman–Crippen LogP) is 1.54. The summed E-state index contributed by atoms with van der Waals surface area (Å²) in [4.78, 5) is 22.7. The number of carbonyl (C=O) groups is 2. The highest BCUT2D eigenvalue weighted by atomic mass is 19.1. The van der Waals surface area contributed by atoms with E-state index < -0.39 is 12.0 Å². The Bertz CT molecular complexity index is 461. The maximum absolute atomic E-state index is 12.8. The van der Waals surface area contributed by atoms with E-state index in [1.54, 1.807) is 12.1 Å². The van der Waals surface area contributed by atoms with Crippen molar-refractivity contribution in [3.05, 3.63) is 35.6 Å². The number of ether oxygens (including phenoxy) is 1. The average molecular weight is 283 g/mol. The van der Waals surface area contributed by atoms with Gasteiger partial charge in [-0.25, -0.2) is 9.18 Å². The smallest absolute Gasteiger partial charge is 0.328 e. The molecule has 0 saturated carbocycles. The van der Waals surface area contributed by atoms with Crippen LogP contribution in [-0.2, 0) is 14.3 Å². The second-order valence-electron chi connectivity index (χ2n) is 4.57. The minimum absolute atomic E-state index is 0.0913. The molecule has 1 aromatic rings. The van der Waals surface area contributed by atoms with Gasteiger partial charge in [-0.3, -0.25) is 4.79 Å². The van der Waals surface area contributed by atoms with Crippen LogP contribution in [0.3, 0.4) is 0 Å². The number of hydrogen-bond donors (Lipinski definition) is 2. The van der Waals surface area contributed by atoms with Crippen molar-refractivity contribution in [2.75, 3.05) is 13.7 Å². The van der Waals surface area contributed by atoms with Crippen molar-refractivity contribution in [3.8, 4) is 0 Å². The Labute approximate surface area is 116 Å². The molecular weight excluding hydrogens is 265 g/mol. The maximum Gasteiger partial charge on any atom is 0.328 e. The van der Waals surface area contributed by atoms with Gasteiger partial charge in [0.05, 0.1) is 6.61 Å². The van der Waals surface area contributed by atoms with Crippen LogP contribution in [0.15, 0.2) is 24.3 Å². The van der Waals surface area contributed by atoms with Crippen LogP contribution in [0.2, 0.25) is 0 Å². The number of rotatable bonds is 7. The van der Waals surface area contributed by atoms with E-state index in [0.29, 0.717) is 0 Å². The monoisotopic (exact) mass is 283 g/mol. The first-order valence-corrected chi connectivity index (χ1v) is 6.20. The molecule has 6 heteroatoms. The number of carboxylic acid groups (broad SMARTS) is 1. The first-order valence-electron chi connectivity index (χ1n) is 6.20. The van der Waals surface area contributed by atoms with E-state index >= 15 is 0 Å². The summed E-state index contributed by atoms with van der Waals surface area (Å²) >= 11 is 0. The van der Waals surface area contributed by atoms with Crippen LogP contribution in [0.1, 0.15) is 24.8 Å². The molecule has 110 valence electrons. The fourth-order valence-electron chi connectivity index (χ4n) is 1.78. The van der Waals surface area contributed by atoms with Crippen molar-refractivity contribution in [3.63, 3.8) is 0 Å². The highest BCUT2D eigenvalue weighted by Gasteiger charge is 2.21. The first kappa shape index (κ1) is 16.1. The number of nitrogens with one attached hydrogen (secondary N) is 1. The van der Waals surface area contributed by atoms with Crippen LogP contribution in [0.4, 0.5) is 4.39 Å². The van der Waals surface area contributed by atoms with E-state index in [4.69, 9.17) is 9.84 Å². The fraction of sp³-hybridized carbons (Fsp3) is 0.429. The lowest BCUT2D eigenvalue weighted by molar-refractivity contribution is -0.143. The van der Waals surface area contributed by atoms with E-state index in [9.17, 15) is 14.0 Å². The second kappa shape index (κ2) is 7.59. The van der Waals surface area contributed by atoms with Gasteiger partial charge in [0.15, 0.2) is 6.04 Å². The number of aliphatic carboxylic acids is 1. The predicted molar refractivity (Wildman–Crippen MR) is 70.9 cm³/mol. The third-order valence-corrected chi connectivity index (χ3v) is 2.90. The quantitative estimate of drug-likeness (QED) is 0.796. The summed E-state index contributed by atoms with van der Waals surface area (Å²) in [6.07, 6.45) is 0.124. The van der Waals surface area contributed by atoms with E-state index in [0.717, 1.165) is 5.56 Å². The molecule has 0 fully saturated rings. The standard InChI is InChI=1S/C14H18FNO4/c1-9(10-3-5-11(15)6-4-10)7-13(17)16-12(8-20-2)14(18)19/h3-6,9,12H,7-8H2,1-2H3,(H,16,17)(H,18,19). The molecule has 0 heterocycles. The number of carboxylic acids is 1.